The summed E-state index contributed by atoms with van der Waals surface area (Å²) in [5.74, 6) is 0.908. The molecule has 0 bridgehead atoms. The fourth-order valence-corrected chi connectivity index (χ4v) is 3.31. The van der Waals surface area contributed by atoms with Gasteiger partial charge in [0.2, 0.25) is 0 Å². The molecule has 0 saturated carbocycles. The number of ether oxygens (including phenoxy) is 1. The number of hydrogen-bond donors (Lipinski definition) is 0. The molecule has 1 aliphatic heterocycles. The van der Waals surface area contributed by atoms with Crippen molar-refractivity contribution in [2.45, 2.75) is 13.5 Å². The number of nitriles is 1. The van der Waals surface area contributed by atoms with Crippen LogP contribution in [0.1, 0.15) is 27.0 Å². The van der Waals surface area contributed by atoms with Crippen LogP contribution in [-0.4, -0.2) is 49.0 Å². The number of carbonyl (C=O) groups is 1. The average molecular weight is 349 g/mol. The number of aryl methyl sites for hydroxylation is 1. The summed E-state index contributed by atoms with van der Waals surface area (Å²) in [7, 11) is 1.69. The van der Waals surface area contributed by atoms with Crippen LogP contribution in [0.4, 0.5) is 0 Å². The second-order valence-corrected chi connectivity index (χ2v) is 6.56. The van der Waals surface area contributed by atoms with Crippen molar-refractivity contribution in [1.29, 1.82) is 5.26 Å². The lowest BCUT2D eigenvalue weighted by atomic mass is 10.1. The molecule has 134 valence electrons. The zero-order chi connectivity index (χ0) is 18.5. The van der Waals surface area contributed by atoms with Crippen LogP contribution in [0.3, 0.4) is 0 Å². The van der Waals surface area contributed by atoms with Gasteiger partial charge in [-0.3, -0.25) is 9.69 Å². The van der Waals surface area contributed by atoms with Gasteiger partial charge in [-0.15, -0.1) is 0 Å². The normalized spacial score (nSPS) is 14.7. The molecule has 3 rings (SSSR count). The number of benzene rings is 2. The number of piperazine rings is 1. The van der Waals surface area contributed by atoms with E-state index in [0.29, 0.717) is 24.2 Å². The number of amides is 1. The molecule has 5 nitrogen and oxygen atoms in total. The monoisotopic (exact) mass is 349 g/mol. The van der Waals surface area contributed by atoms with Gasteiger partial charge in [-0.2, -0.15) is 5.26 Å². The number of methoxy groups -OCH3 is 1. The van der Waals surface area contributed by atoms with Gasteiger partial charge in [-0.25, -0.2) is 0 Å². The lowest BCUT2D eigenvalue weighted by Crippen LogP contribution is -2.48. The summed E-state index contributed by atoms with van der Waals surface area (Å²) in [6.07, 6.45) is 0. The lowest BCUT2D eigenvalue weighted by molar-refractivity contribution is 0.0628. The van der Waals surface area contributed by atoms with E-state index in [-0.39, 0.29) is 5.91 Å². The molecule has 0 aromatic heterocycles. The Hall–Kier alpha value is -2.84. The summed E-state index contributed by atoms with van der Waals surface area (Å²) in [5.41, 5.74) is 3.49. The van der Waals surface area contributed by atoms with Crippen molar-refractivity contribution in [2.24, 2.45) is 0 Å². The van der Waals surface area contributed by atoms with Gasteiger partial charge in [0.05, 0.1) is 18.7 Å². The maximum atomic E-state index is 12.6. The Balaban J connectivity index is 1.58. The van der Waals surface area contributed by atoms with Crippen molar-refractivity contribution < 1.29 is 9.53 Å². The van der Waals surface area contributed by atoms with E-state index in [0.717, 1.165) is 30.9 Å². The van der Waals surface area contributed by atoms with Crippen molar-refractivity contribution in [3.05, 3.63) is 64.7 Å². The Morgan fingerprint density at radius 3 is 2.58 bits per heavy atom. The van der Waals surface area contributed by atoms with Gasteiger partial charge < -0.3 is 9.64 Å². The highest BCUT2D eigenvalue weighted by Crippen LogP contribution is 2.20. The van der Waals surface area contributed by atoms with Crippen molar-refractivity contribution >= 4 is 5.91 Å². The first-order chi connectivity index (χ1) is 12.6. The summed E-state index contributed by atoms with van der Waals surface area (Å²) < 4.78 is 5.31. The molecule has 26 heavy (non-hydrogen) atoms. The minimum absolute atomic E-state index is 0.00189. The largest absolute Gasteiger partial charge is 0.496 e. The molecule has 0 radical (unpaired) electrons. The number of rotatable bonds is 4. The second kappa shape index (κ2) is 8.03. The Morgan fingerprint density at radius 1 is 1.15 bits per heavy atom. The molecule has 0 aliphatic carbocycles. The summed E-state index contributed by atoms with van der Waals surface area (Å²) >= 11 is 0. The molecular weight excluding hydrogens is 326 g/mol. The first-order valence-corrected chi connectivity index (χ1v) is 8.76. The Kier molecular flexibility index (Phi) is 5.55. The summed E-state index contributed by atoms with van der Waals surface area (Å²) in [6, 6.07) is 15.2. The van der Waals surface area contributed by atoms with Crippen molar-refractivity contribution in [3.8, 4) is 11.8 Å². The smallest absolute Gasteiger partial charge is 0.253 e. The number of nitrogens with zero attached hydrogens (tertiary/aromatic N) is 3. The SMILES string of the molecule is COc1ccc(CN2CCN(C(=O)c3cccc(C#N)c3)CC2)cc1C. The molecule has 0 N–H and O–H groups in total. The van der Waals surface area contributed by atoms with E-state index in [1.54, 1.807) is 31.4 Å². The molecule has 1 aliphatic rings. The predicted octanol–water partition coefficient (Wildman–Crippen LogP) is 2.83. The zero-order valence-electron chi connectivity index (χ0n) is 15.2. The zero-order valence-corrected chi connectivity index (χ0v) is 15.2. The topological polar surface area (TPSA) is 56.6 Å². The highest BCUT2D eigenvalue weighted by molar-refractivity contribution is 5.94. The average Bonchev–Trinajstić information content (AvgIpc) is 2.68. The van der Waals surface area contributed by atoms with Gasteiger partial charge in [0, 0.05) is 38.3 Å². The van der Waals surface area contributed by atoms with E-state index in [1.807, 2.05) is 17.9 Å². The molecule has 1 saturated heterocycles. The summed E-state index contributed by atoms with van der Waals surface area (Å²) in [4.78, 5) is 16.9. The van der Waals surface area contributed by atoms with Crippen LogP contribution in [-0.2, 0) is 6.54 Å². The van der Waals surface area contributed by atoms with Crippen LogP contribution in [0, 0.1) is 18.3 Å². The third-order valence-electron chi connectivity index (χ3n) is 4.76. The third-order valence-corrected chi connectivity index (χ3v) is 4.76. The standard InChI is InChI=1S/C21H23N3O2/c1-16-12-18(6-7-20(16)26-2)15-23-8-10-24(11-9-23)21(25)19-5-3-4-17(13-19)14-22/h3-7,12-13H,8-11,15H2,1-2H3. The highest BCUT2D eigenvalue weighted by atomic mass is 16.5. The van der Waals surface area contributed by atoms with E-state index in [9.17, 15) is 4.79 Å². The van der Waals surface area contributed by atoms with Gasteiger partial charge in [-0.1, -0.05) is 18.2 Å². The minimum Gasteiger partial charge on any atom is -0.496 e. The molecular formula is C21H23N3O2. The molecule has 0 unspecified atom stereocenters. The predicted molar refractivity (Wildman–Crippen MR) is 100 cm³/mol. The number of hydrogen-bond acceptors (Lipinski definition) is 4. The third kappa shape index (κ3) is 4.04. The molecule has 5 heteroatoms. The maximum Gasteiger partial charge on any atom is 0.253 e. The van der Waals surface area contributed by atoms with Gasteiger partial charge in [0.15, 0.2) is 0 Å². The van der Waals surface area contributed by atoms with Crippen LogP contribution in [0.5, 0.6) is 5.75 Å². The molecule has 0 spiro atoms. The first-order valence-electron chi connectivity index (χ1n) is 8.76. The van der Waals surface area contributed by atoms with E-state index >= 15 is 0 Å². The van der Waals surface area contributed by atoms with Crippen LogP contribution < -0.4 is 4.74 Å². The van der Waals surface area contributed by atoms with Crippen LogP contribution in [0.15, 0.2) is 42.5 Å². The molecule has 1 heterocycles. The summed E-state index contributed by atoms with van der Waals surface area (Å²) in [5, 5.41) is 8.99. The van der Waals surface area contributed by atoms with Crippen LogP contribution >= 0.6 is 0 Å². The van der Waals surface area contributed by atoms with E-state index in [1.165, 1.54) is 5.56 Å². The first kappa shape index (κ1) is 18.0. The minimum atomic E-state index is 0.00189. The van der Waals surface area contributed by atoms with Gasteiger partial charge in [0.1, 0.15) is 5.75 Å². The fourth-order valence-electron chi connectivity index (χ4n) is 3.31. The molecule has 2 aromatic carbocycles. The molecule has 2 aromatic rings. The maximum absolute atomic E-state index is 12.6. The molecule has 1 fully saturated rings. The van der Waals surface area contributed by atoms with E-state index in [2.05, 4.69) is 23.1 Å². The van der Waals surface area contributed by atoms with Gasteiger partial charge in [0.25, 0.3) is 5.91 Å². The quantitative estimate of drug-likeness (QED) is 0.852. The van der Waals surface area contributed by atoms with Gasteiger partial charge in [-0.05, 0) is 42.3 Å². The van der Waals surface area contributed by atoms with Crippen molar-refractivity contribution in [2.75, 3.05) is 33.3 Å². The van der Waals surface area contributed by atoms with E-state index in [4.69, 9.17) is 10.00 Å². The van der Waals surface area contributed by atoms with Crippen molar-refractivity contribution in [3.63, 3.8) is 0 Å². The Morgan fingerprint density at radius 2 is 1.92 bits per heavy atom. The van der Waals surface area contributed by atoms with Crippen molar-refractivity contribution in [1.82, 2.24) is 9.80 Å². The summed E-state index contributed by atoms with van der Waals surface area (Å²) in [6.45, 7) is 6.00. The fraction of sp³-hybridized carbons (Fsp3) is 0.333. The highest BCUT2D eigenvalue weighted by Gasteiger charge is 2.22. The van der Waals surface area contributed by atoms with Crippen LogP contribution in [0.2, 0.25) is 0 Å². The van der Waals surface area contributed by atoms with Crippen LogP contribution in [0.25, 0.3) is 0 Å². The Bertz CT molecular complexity index is 833. The number of carbonyl (C=O) groups excluding carboxylic acids is 1. The van der Waals surface area contributed by atoms with E-state index < -0.39 is 0 Å². The lowest BCUT2D eigenvalue weighted by Gasteiger charge is -2.35. The Labute approximate surface area is 154 Å². The molecule has 1 amide bonds. The molecule has 0 atom stereocenters. The van der Waals surface area contributed by atoms with Gasteiger partial charge >= 0.3 is 0 Å². The second-order valence-electron chi connectivity index (χ2n) is 6.56.